The van der Waals surface area contributed by atoms with Crippen LogP contribution in [0.15, 0.2) is 30.3 Å². The summed E-state index contributed by atoms with van der Waals surface area (Å²) in [5.74, 6) is 1.71. The predicted octanol–water partition coefficient (Wildman–Crippen LogP) is 3.30. The Labute approximate surface area is 119 Å². The van der Waals surface area contributed by atoms with Gasteiger partial charge in [-0.25, -0.2) is 17.6 Å². The summed E-state index contributed by atoms with van der Waals surface area (Å²) in [6, 6.07) is 5.03. The lowest BCUT2D eigenvalue weighted by molar-refractivity contribution is 0.453. The van der Waals surface area contributed by atoms with Crippen molar-refractivity contribution in [2.75, 3.05) is 0 Å². The monoisotopic (exact) mass is 298 g/mol. The third kappa shape index (κ3) is 3.06. The van der Waals surface area contributed by atoms with Crippen LogP contribution in [0, 0.1) is 30.2 Å². The summed E-state index contributed by atoms with van der Waals surface area (Å²) < 4.78 is 54.8. The number of hydrazine groups is 1. The van der Waals surface area contributed by atoms with E-state index in [0.29, 0.717) is 0 Å². The fourth-order valence-electron chi connectivity index (χ4n) is 2.17. The van der Waals surface area contributed by atoms with E-state index in [0.717, 1.165) is 12.1 Å². The van der Waals surface area contributed by atoms with Crippen molar-refractivity contribution in [2.24, 2.45) is 5.84 Å². The van der Waals surface area contributed by atoms with Crippen LogP contribution in [0.2, 0.25) is 0 Å². The number of hydrogen-bond donors (Lipinski definition) is 2. The van der Waals surface area contributed by atoms with Crippen LogP contribution >= 0.6 is 0 Å². The van der Waals surface area contributed by atoms with Crippen LogP contribution in [0.5, 0.6) is 0 Å². The molecule has 3 N–H and O–H groups in total. The van der Waals surface area contributed by atoms with E-state index in [1.54, 1.807) is 0 Å². The quantitative estimate of drug-likeness (QED) is 0.516. The molecule has 1 unspecified atom stereocenters. The van der Waals surface area contributed by atoms with Gasteiger partial charge in [0.25, 0.3) is 0 Å². The zero-order valence-electron chi connectivity index (χ0n) is 11.3. The summed E-state index contributed by atoms with van der Waals surface area (Å²) in [6.07, 6.45) is -0.183. The molecule has 0 bridgehead atoms. The van der Waals surface area contributed by atoms with Gasteiger partial charge in [-0.3, -0.25) is 11.3 Å². The number of benzene rings is 2. The summed E-state index contributed by atoms with van der Waals surface area (Å²) in [4.78, 5) is 0. The minimum atomic E-state index is -1.05. The molecule has 0 saturated carbocycles. The molecule has 2 nitrogen and oxygen atoms in total. The third-order valence-electron chi connectivity index (χ3n) is 3.32. The largest absolute Gasteiger partial charge is 0.271 e. The molecule has 2 aromatic carbocycles. The van der Waals surface area contributed by atoms with Crippen LogP contribution in [-0.4, -0.2) is 0 Å². The molecule has 2 aromatic rings. The summed E-state index contributed by atoms with van der Waals surface area (Å²) in [7, 11) is 0. The third-order valence-corrected chi connectivity index (χ3v) is 3.32. The Morgan fingerprint density at radius 2 is 1.71 bits per heavy atom. The average molecular weight is 298 g/mol. The highest BCUT2D eigenvalue weighted by Crippen LogP contribution is 2.26. The van der Waals surface area contributed by atoms with Gasteiger partial charge in [-0.2, -0.15) is 0 Å². The van der Waals surface area contributed by atoms with E-state index in [2.05, 4.69) is 5.43 Å². The molecular weight excluding hydrogens is 284 g/mol. The second-order valence-corrected chi connectivity index (χ2v) is 4.73. The van der Waals surface area contributed by atoms with Gasteiger partial charge >= 0.3 is 0 Å². The van der Waals surface area contributed by atoms with Crippen LogP contribution in [0.25, 0.3) is 0 Å². The molecule has 0 aromatic heterocycles. The maximum atomic E-state index is 14.1. The fourth-order valence-corrected chi connectivity index (χ4v) is 2.17. The highest BCUT2D eigenvalue weighted by atomic mass is 19.2. The first-order valence-electron chi connectivity index (χ1n) is 6.29. The lowest BCUT2D eigenvalue weighted by atomic mass is 9.96. The molecular formula is C15H14F4N2. The number of halogens is 4. The molecule has 21 heavy (non-hydrogen) atoms. The lowest BCUT2D eigenvalue weighted by Crippen LogP contribution is -2.31. The lowest BCUT2D eigenvalue weighted by Gasteiger charge is -2.19. The van der Waals surface area contributed by atoms with E-state index in [-0.39, 0.29) is 23.1 Å². The van der Waals surface area contributed by atoms with Crippen LogP contribution in [0.4, 0.5) is 17.6 Å². The van der Waals surface area contributed by atoms with Gasteiger partial charge in [0.05, 0.1) is 6.04 Å². The van der Waals surface area contributed by atoms with Crippen LogP contribution in [-0.2, 0) is 6.42 Å². The van der Waals surface area contributed by atoms with Crippen molar-refractivity contribution < 1.29 is 17.6 Å². The maximum absolute atomic E-state index is 14.1. The minimum absolute atomic E-state index is 0.0155. The number of aryl methyl sites for hydroxylation is 1. The molecule has 2 rings (SSSR count). The van der Waals surface area contributed by atoms with E-state index in [1.165, 1.54) is 25.1 Å². The number of hydrogen-bond acceptors (Lipinski definition) is 2. The Morgan fingerprint density at radius 1 is 1.00 bits per heavy atom. The van der Waals surface area contributed by atoms with E-state index in [9.17, 15) is 17.6 Å². The summed E-state index contributed by atoms with van der Waals surface area (Å²) in [5.41, 5.74) is 2.19. The van der Waals surface area contributed by atoms with E-state index in [4.69, 9.17) is 5.84 Å². The Morgan fingerprint density at radius 3 is 2.38 bits per heavy atom. The summed E-state index contributed by atoms with van der Waals surface area (Å²) in [5, 5.41) is 0. The van der Waals surface area contributed by atoms with Crippen molar-refractivity contribution in [1.29, 1.82) is 0 Å². The van der Waals surface area contributed by atoms with Crippen LogP contribution < -0.4 is 11.3 Å². The Bertz CT molecular complexity index is 658. The SMILES string of the molecule is Cc1ccc(F)c(C(Cc2cccc(F)c2F)NN)c1F. The zero-order chi connectivity index (χ0) is 15.6. The molecule has 0 aliphatic heterocycles. The molecule has 0 spiro atoms. The Hall–Kier alpha value is -1.92. The number of nitrogens with one attached hydrogen (secondary N) is 1. The van der Waals surface area contributed by atoms with Gasteiger partial charge in [-0.15, -0.1) is 0 Å². The molecule has 0 heterocycles. The Balaban J connectivity index is 2.42. The molecule has 6 heteroatoms. The second kappa shape index (κ2) is 6.24. The van der Waals surface area contributed by atoms with Crippen molar-refractivity contribution in [3.8, 4) is 0 Å². The fraction of sp³-hybridized carbons (Fsp3) is 0.200. The summed E-state index contributed by atoms with van der Waals surface area (Å²) in [6.45, 7) is 1.48. The van der Waals surface area contributed by atoms with Gasteiger partial charge in [0.1, 0.15) is 11.6 Å². The molecule has 112 valence electrons. The van der Waals surface area contributed by atoms with Gasteiger partial charge < -0.3 is 0 Å². The molecule has 0 amide bonds. The molecule has 0 fully saturated rings. The van der Waals surface area contributed by atoms with Crippen molar-refractivity contribution in [1.82, 2.24) is 5.43 Å². The van der Waals surface area contributed by atoms with Crippen molar-refractivity contribution in [2.45, 2.75) is 19.4 Å². The first kappa shape index (κ1) is 15.5. The first-order chi connectivity index (χ1) is 9.95. The van der Waals surface area contributed by atoms with Gasteiger partial charge in [0.2, 0.25) is 0 Å². The smallest absolute Gasteiger partial charge is 0.162 e. The van der Waals surface area contributed by atoms with E-state index in [1.807, 2.05) is 0 Å². The molecule has 1 atom stereocenters. The number of nitrogens with two attached hydrogens (primary N) is 1. The van der Waals surface area contributed by atoms with Crippen molar-refractivity contribution in [3.63, 3.8) is 0 Å². The van der Waals surface area contributed by atoms with Crippen LogP contribution in [0.3, 0.4) is 0 Å². The molecule has 0 aliphatic rings. The Kier molecular flexibility index (Phi) is 4.59. The topological polar surface area (TPSA) is 38.0 Å². The highest BCUT2D eigenvalue weighted by molar-refractivity contribution is 5.31. The number of rotatable bonds is 4. The standard InChI is InChI=1S/C15H14F4N2/c1-8-5-6-10(16)13(14(8)18)12(21-20)7-9-3-2-4-11(17)15(9)19/h2-6,12,21H,7,20H2,1H3. The second-order valence-electron chi connectivity index (χ2n) is 4.73. The predicted molar refractivity (Wildman–Crippen MR) is 71.2 cm³/mol. The van der Waals surface area contributed by atoms with Gasteiger partial charge in [-0.1, -0.05) is 18.2 Å². The maximum Gasteiger partial charge on any atom is 0.162 e. The van der Waals surface area contributed by atoms with Crippen molar-refractivity contribution in [3.05, 3.63) is 70.3 Å². The molecule has 0 saturated heterocycles. The minimum Gasteiger partial charge on any atom is -0.271 e. The average Bonchev–Trinajstić information content (AvgIpc) is 2.46. The molecule has 0 radical (unpaired) electrons. The van der Waals surface area contributed by atoms with E-state index < -0.39 is 29.3 Å². The highest BCUT2D eigenvalue weighted by Gasteiger charge is 2.22. The normalized spacial score (nSPS) is 12.5. The first-order valence-corrected chi connectivity index (χ1v) is 6.29. The van der Waals surface area contributed by atoms with Gasteiger partial charge in [-0.05, 0) is 36.6 Å². The zero-order valence-corrected chi connectivity index (χ0v) is 11.3. The molecule has 0 aliphatic carbocycles. The van der Waals surface area contributed by atoms with Crippen molar-refractivity contribution >= 4 is 0 Å². The van der Waals surface area contributed by atoms with Crippen LogP contribution in [0.1, 0.15) is 22.7 Å². The van der Waals surface area contributed by atoms with E-state index >= 15 is 0 Å². The van der Waals surface area contributed by atoms with Gasteiger partial charge in [0, 0.05) is 5.56 Å². The van der Waals surface area contributed by atoms with Gasteiger partial charge in [0.15, 0.2) is 11.6 Å². The summed E-state index contributed by atoms with van der Waals surface area (Å²) >= 11 is 0.